The first-order chi connectivity index (χ1) is 11.0. The van der Waals surface area contributed by atoms with Gasteiger partial charge in [-0.25, -0.2) is 4.79 Å². The highest BCUT2D eigenvalue weighted by Crippen LogP contribution is 2.10. The van der Waals surface area contributed by atoms with Crippen molar-refractivity contribution < 1.29 is 4.79 Å². The average molecular weight is 314 g/mol. The van der Waals surface area contributed by atoms with Gasteiger partial charge in [0.2, 0.25) is 0 Å². The molecule has 1 atom stereocenters. The fraction of sp³-hybridized carbons (Fsp3) is 0.556. The second kappa shape index (κ2) is 7.98. The van der Waals surface area contributed by atoms with Gasteiger partial charge in [-0.15, -0.1) is 0 Å². The van der Waals surface area contributed by atoms with Gasteiger partial charge < -0.3 is 10.2 Å². The van der Waals surface area contributed by atoms with Crippen LogP contribution >= 0.6 is 0 Å². The fourth-order valence-corrected chi connectivity index (χ4v) is 2.50. The Kier molecular flexibility index (Phi) is 6.00. The normalized spacial score (nSPS) is 16.9. The molecular formula is C18H26N4O. The predicted molar refractivity (Wildman–Crippen MR) is 90.8 cm³/mol. The lowest BCUT2D eigenvalue weighted by molar-refractivity contribution is 0.132. The number of amides is 2. The zero-order valence-electron chi connectivity index (χ0n) is 14.2. The van der Waals surface area contributed by atoms with Crippen LogP contribution in [0.4, 0.5) is 4.79 Å². The van der Waals surface area contributed by atoms with Gasteiger partial charge in [0, 0.05) is 38.8 Å². The highest BCUT2D eigenvalue weighted by atomic mass is 16.2. The largest absolute Gasteiger partial charge is 0.335 e. The lowest BCUT2D eigenvalue weighted by atomic mass is 10.1. The Morgan fingerprint density at radius 2 is 1.78 bits per heavy atom. The zero-order chi connectivity index (χ0) is 16.8. The van der Waals surface area contributed by atoms with Crippen molar-refractivity contribution in [1.82, 2.24) is 15.1 Å². The Morgan fingerprint density at radius 1 is 1.17 bits per heavy atom. The van der Waals surface area contributed by atoms with E-state index in [9.17, 15) is 4.79 Å². The topological polar surface area (TPSA) is 59.4 Å². The number of nitrogens with one attached hydrogen (secondary N) is 1. The summed E-state index contributed by atoms with van der Waals surface area (Å²) in [6.45, 7) is 10.4. The number of hydrogen-bond donors (Lipinski definition) is 1. The van der Waals surface area contributed by atoms with Gasteiger partial charge in [-0.2, -0.15) is 5.26 Å². The third-order valence-corrected chi connectivity index (χ3v) is 4.50. The van der Waals surface area contributed by atoms with Crippen LogP contribution in [0.2, 0.25) is 0 Å². The molecule has 1 saturated heterocycles. The van der Waals surface area contributed by atoms with Crippen molar-refractivity contribution in [3.05, 3.63) is 35.4 Å². The van der Waals surface area contributed by atoms with E-state index >= 15 is 0 Å². The summed E-state index contributed by atoms with van der Waals surface area (Å²) in [5.74, 6) is 0.441. The lowest BCUT2D eigenvalue weighted by Crippen LogP contribution is -2.53. The average Bonchev–Trinajstić information content (AvgIpc) is 2.56. The quantitative estimate of drug-likeness (QED) is 0.928. The van der Waals surface area contributed by atoms with Crippen LogP contribution in [0.1, 0.15) is 31.9 Å². The molecule has 1 aliphatic rings. The van der Waals surface area contributed by atoms with Gasteiger partial charge in [0.1, 0.15) is 0 Å². The van der Waals surface area contributed by atoms with Crippen LogP contribution in [-0.4, -0.2) is 48.1 Å². The second-order valence-corrected chi connectivity index (χ2v) is 6.55. The summed E-state index contributed by atoms with van der Waals surface area (Å²) in [7, 11) is 0. The maximum atomic E-state index is 12.2. The van der Waals surface area contributed by atoms with Crippen LogP contribution in [0, 0.1) is 17.2 Å². The Morgan fingerprint density at radius 3 is 2.30 bits per heavy atom. The Bertz CT molecular complexity index is 553. The molecule has 0 unspecified atom stereocenters. The van der Waals surface area contributed by atoms with Crippen molar-refractivity contribution in [3.8, 4) is 6.07 Å². The summed E-state index contributed by atoms with van der Waals surface area (Å²) in [5, 5.41) is 11.9. The standard InChI is InChI=1S/C18H26N4O/c1-14(2)15(3)20-18(23)22-10-8-21(9-11-22)13-17-6-4-16(12-19)5-7-17/h4-7,14-15H,8-11,13H2,1-3H3,(H,20,23)/t15-/m1/s1. The number of benzene rings is 1. The molecule has 0 radical (unpaired) electrons. The van der Waals surface area contributed by atoms with E-state index in [4.69, 9.17) is 5.26 Å². The minimum Gasteiger partial charge on any atom is -0.335 e. The molecule has 1 N–H and O–H groups in total. The number of rotatable bonds is 4. The molecule has 1 aromatic carbocycles. The minimum absolute atomic E-state index is 0.0456. The third kappa shape index (κ3) is 4.97. The van der Waals surface area contributed by atoms with Gasteiger partial charge in [0.05, 0.1) is 11.6 Å². The van der Waals surface area contributed by atoms with E-state index in [1.165, 1.54) is 5.56 Å². The number of hydrogen-bond acceptors (Lipinski definition) is 3. The van der Waals surface area contributed by atoms with Crippen molar-refractivity contribution in [2.75, 3.05) is 26.2 Å². The van der Waals surface area contributed by atoms with Crippen molar-refractivity contribution in [1.29, 1.82) is 5.26 Å². The zero-order valence-corrected chi connectivity index (χ0v) is 14.2. The molecule has 23 heavy (non-hydrogen) atoms. The van der Waals surface area contributed by atoms with E-state index < -0.39 is 0 Å². The molecule has 124 valence electrons. The first-order valence-electron chi connectivity index (χ1n) is 8.26. The molecule has 5 nitrogen and oxygen atoms in total. The highest BCUT2D eigenvalue weighted by Gasteiger charge is 2.22. The molecule has 2 amide bonds. The van der Waals surface area contributed by atoms with Crippen molar-refractivity contribution in [2.24, 2.45) is 5.92 Å². The Labute approximate surface area is 138 Å². The lowest BCUT2D eigenvalue weighted by Gasteiger charge is -2.35. The molecule has 0 saturated carbocycles. The smallest absolute Gasteiger partial charge is 0.317 e. The number of piperazine rings is 1. The van der Waals surface area contributed by atoms with Crippen LogP contribution in [0.25, 0.3) is 0 Å². The van der Waals surface area contributed by atoms with Gasteiger partial charge >= 0.3 is 6.03 Å². The monoisotopic (exact) mass is 314 g/mol. The molecule has 2 rings (SSSR count). The second-order valence-electron chi connectivity index (χ2n) is 6.55. The molecule has 0 bridgehead atoms. The molecule has 0 aliphatic carbocycles. The highest BCUT2D eigenvalue weighted by molar-refractivity contribution is 5.74. The van der Waals surface area contributed by atoms with Gasteiger partial charge in [-0.05, 0) is 30.5 Å². The first kappa shape index (κ1) is 17.3. The maximum Gasteiger partial charge on any atom is 0.317 e. The van der Waals surface area contributed by atoms with Gasteiger partial charge in [0.15, 0.2) is 0 Å². The summed E-state index contributed by atoms with van der Waals surface area (Å²) < 4.78 is 0. The van der Waals surface area contributed by atoms with E-state index in [1.807, 2.05) is 36.1 Å². The van der Waals surface area contributed by atoms with Crippen molar-refractivity contribution >= 4 is 6.03 Å². The van der Waals surface area contributed by atoms with Crippen LogP contribution in [0.5, 0.6) is 0 Å². The summed E-state index contributed by atoms with van der Waals surface area (Å²) in [6.07, 6.45) is 0. The molecular weight excluding hydrogens is 288 g/mol. The summed E-state index contributed by atoms with van der Waals surface area (Å²) in [6, 6.07) is 10.1. The van der Waals surface area contributed by atoms with E-state index in [0.717, 1.165) is 32.7 Å². The number of nitrogens with zero attached hydrogens (tertiary/aromatic N) is 3. The number of carbonyl (C=O) groups is 1. The molecule has 1 heterocycles. The number of nitriles is 1. The summed E-state index contributed by atoms with van der Waals surface area (Å²) >= 11 is 0. The van der Waals surface area contributed by atoms with Crippen LogP contribution in [0.15, 0.2) is 24.3 Å². The fourth-order valence-electron chi connectivity index (χ4n) is 2.50. The SMILES string of the molecule is CC(C)[C@@H](C)NC(=O)N1CCN(Cc2ccc(C#N)cc2)CC1. The van der Waals surface area contributed by atoms with Crippen LogP contribution < -0.4 is 5.32 Å². The Balaban J connectivity index is 1.79. The first-order valence-corrected chi connectivity index (χ1v) is 8.26. The van der Waals surface area contributed by atoms with Gasteiger partial charge in [-0.1, -0.05) is 26.0 Å². The van der Waals surface area contributed by atoms with Gasteiger partial charge in [0.25, 0.3) is 0 Å². The molecule has 1 aliphatic heterocycles. The third-order valence-electron chi connectivity index (χ3n) is 4.50. The predicted octanol–water partition coefficient (Wildman–Crippen LogP) is 2.43. The molecule has 5 heteroatoms. The molecule has 0 aromatic heterocycles. The number of carbonyl (C=O) groups excluding carboxylic acids is 1. The van der Waals surface area contributed by atoms with Crippen LogP contribution in [0.3, 0.4) is 0 Å². The minimum atomic E-state index is 0.0456. The van der Waals surface area contributed by atoms with E-state index in [0.29, 0.717) is 11.5 Å². The van der Waals surface area contributed by atoms with Gasteiger partial charge in [-0.3, -0.25) is 4.90 Å². The Hall–Kier alpha value is -2.06. The summed E-state index contributed by atoms with van der Waals surface area (Å²) in [4.78, 5) is 16.5. The van der Waals surface area contributed by atoms with Crippen LogP contribution in [-0.2, 0) is 6.54 Å². The molecule has 0 spiro atoms. The molecule has 1 fully saturated rings. The molecule has 1 aromatic rings. The van der Waals surface area contributed by atoms with E-state index in [2.05, 4.69) is 30.1 Å². The van der Waals surface area contributed by atoms with E-state index in [-0.39, 0.29) is 12.1 Å². The van der Waals surface area contributed by atoms with E-state index in [1.54, 1.807) is 0 Å². The van der Waals surface area contributed by atoms with Crippen molar-refractivity contribution in [3.63, 3.8) is 0 Å². The maximum absolute atomic E-state index is 12.2. The number of urea groups is 1. The van der Waals surface area contributed by atoms with Crippen molar-refractivity contribution in [2.45, 2.75) is 33.4 Å². The summed E-state index contributed by atoms with van der Waals surface area (Å²) in [5.41, 5.74) is 1.89.